The minimum absolute atomic E-state index is 0.0527. The van der Waals surface area contributed by atoms with Crippen LogP contribution in [0, 0.1) is 0 Å². The standard InChI is InChI=1S/C21H24BrN3O5S2/c1-21(2,31-20-23-12-13-25(20)3)18(19(26)27)24-32(28,29)17-10-8-16(9-11-17)30-15-6-4-14(22)5-7-15/h4-11,18,24H,12-13H2,1-3H3,(H,26,27). The second kappa shape index (κ2) is 9.82. The number of amidine groups is 1. The fourth-order valence-corrected chi connectivity index (χ4v) is 5.78. The predicted molar refractivity (Wildman–Crippen MR) is 129 cm³/mol. The number of hydrogen-bond acceptors (Lipinski definition) is 7. The van der Waals surface area contributed by atoms with Gasteiger partial charge in [0.25, 0.3) is 0 Å². The molecule has 0 saturated heterocycles. The van der Waals surface area contributed by atoms with E-state index in [1.54, 1.807) is 26.0 Å². The van der Waals surface area contributed by atoms with Crippen molar-refractivity contribution >= 4 is 48.9 Å². The van der Waals surface area contributed by atoms with Gasteiger partial charge in [0.1, 0.15) is 17.5 Å². The summed E-state index contributed by atoms with van der Waals surface area (Å²) in [5.41, 5.74) is 0. The molecule has 1 heterocycles. The monoisotopic (exact) mass is 541 g/mol. The molecule has 1 atom stereocenters. The fourth-order valence-electron chi connectivity index (χ4n) is 2.95. The van der Waals surface area contributed by atoms with Crippen molar-refractivity contribution in [1.82, 2.24) is 9.62 Å². The number of nitrogens with one attached hydrogen (secondary N) is 1. The summed E-state index contributed by atoms with van der Waals surface area (Å²) in [5.74, 6) is -0.201. The first kappa shape index (κ1) is 24.6. The maximum atomic E-state index is 12.9. The van der Waals surface area contributed by atoms with Gasteiger partial charge < -0.3 is 14.7 Å². The number of sulfonamides is 1. The van der Waals surface area contributed by atoms with Crippen molar-refractivity contribution in [3.05, 3.63) is 53.0 Å². The molecule has 0 radical (unpaired) electrons. The molecule has 0 spiro atoms. The Kier molecular flexibility index (Phi) is 7.53. The molecule has 2 N–H and O–H groups in total. The van der Waals surface area contributed by atoms with E-state index in [2.05, 4.69) is 25.6 Å². The van der Waals surface area contributed by atoms with Crippen molar-refractivity contribution in [3.8, 4) is 11.5 Å². The van der Waals surface area contributed by atoms with E-state index in [1.165, 1.54) is 36.0 Å². The van der Waals surface area contributed by atoms with Gasteiger partial charge in [-0.1, -0.05) is 27.7 Å². The summed E-state index contributed by atoms with van der Waals surface area (Å²) in [6, 6.07) is 11.7. The van der Waals surface area contributed by atoms with E-state index in [9.17, 15) is 18.3 Å². The summed E-state index contributed by atoms with van der Waals surface area (Å²) < 4.78 is 33.8. The van der Waals surface area contributed by atoms with E-state index >= 15 is 0 Å². The van der Waals surface area contributed by atoms with Crippen LogP contribution in [-0.4, -0.2) is 60.5 Å². The second-order valence-electron chi connectivity index (χ2n) is 7.71. The fraction of sp³-hybridized carbons (Fsp3) is 0.333. The van der Waals surface area contributed by atoms with Crippen LogP contribution in [0.2, 0.25) is 0 Å². The Labute approximate surface area is 200 Å². The molecule has 2 aromatic rings. The van der Waals surface area contributed by atoms with E-state index in [4.69, 9.17) is 4.74 Å². The number of benzene rings is 2. The van der Waals surface area contributed by atoms with Crippen molar-refractivity contribution in [2.24, 2.45) is 4.99 Å². The van der Waals surface area contributed by atoms with Crippen LogP contribution in [0.1, 0.15) is 13.8 Å². The normalized spacial score (nSPS) is 15.4. The van der Waals surface area contributed by atoms with Crippen LogP contribution in [0.15, 0.2) is 62.9 Å². The van der Waals surface area contributed by atoms with Crippen LogP contribution < -0.4 is 9.46 Å². The molecule has 11 heteroatoms. The van der Waals surface area contributed by atoms with Gasteiger partial charge in [0, 0.05) is 22.8 Å². The van der Waals surface area contributed by atoms with Gasteiger partial charge in [-0.2, -0.15) is 4.72 Å². The molecule has 1 unspecified atom stereocenters. The lowest BCUT2D eigenvalue weighted by atomic mass is 10.1. The predicted octanol–water partition coefficient (Wildman–Crippen LogP) is 3.79. The number of carboxylic acid groups (broad SMARTS) is 1. The highest BCUT2D eigenvalue weighted by atomic mass is 79.9. The average Bonchev–Trinajstić information content (AvgIpc) is 3.12. The number of hydrogen-bond donors (Lipinski definition) is 2. The molecule has 0 bridgehead atoms. The number of halogens is 1. The largest absolute Gasteiger partial charge is 0.480 e. The first-order valence-corrected chi connectivity index (χ1v) is 12.8. The summed E-state index contributed by atoms with van der Waals surface area (Å²) in [7, 11) is -2.22. The molecule has 172 valence electrons. The smallest absolute Gasteiger partial charge is 0.323 e. The van der Waals surface area contributed by atoms with Crippen molar-refractivity contribution < 1.29 is 23.1 Å². The molecule has 8 nitrogen and oxygen atoms in total. The number of rotatable bonds is 8. The number of likely N-dealkylation sites (N-methyl/N-ethyl adjacent to an activating group) is 1. The zero-order valence-corrected chi connectivity index (χ0v) is 21.0. The van der Waals surface area contributed by atoms with Crippen molar-refractivity contribution in [2.45, 2.75) is 29.5 Å². The molecule has 0 aliphatic carbocycles. The number of carboxylic acids is 1. The second-order valence-corrected chi connectivity index (χ2v) is 12.0. The van der Waals surface area contributed by atoms with Gasteiger partial charge in [-0.25, -0.2) is 8.42 Å². The summed E-state index contributed by atoms with van der Waals surface area (Å²) in [4.78, 5) is 18.2. The van der Waals surface area contributed by atoms with Crippen LogP contribution in [0.3, 0.4) is 0 Å². The number of thioether (sulfide) groups is 1. The summed E-state index contributed by atoms with van der Waals surface area (Å²) in [6.45, 7) is 4.75. The quantitative estimate of drug-likeness (QED) is 0.523. The van der Waals surface area contributed by atoms with E-state index in [1.807, 2.05) is 24.1 Å². The maximum absolute atomic E-state index is 12.9. The summed E-state index contributed by atoms with van der Waals surface area (Å²) in [5, 5.41) is 10.5. The molecule has 0 saturated carbocycles. The number of nitrogens with zero attached hydrogens (tertiary/aromatic N) is 2. The maximum Gasteiger partial charge on any atom is 0.323 e. The third-order valence-electron chi connectivity index (χ3n) is 4.76. The van der Waals surface area contributed by atoms with Crippen molar-refractivity contribution in [3.63, 3.8) is 0 Å². The van der Waals surface area contributed by atoms with E-state index in [-0.39, 0.29) is 4.90 Å². The Morgan fingerprint density at radius 1 is 1.19 bits per heavy atom. The summed E-state index contributed by atoms with van der Waals surface area (Å²) in [6.07, 6.45) is 0. The van der Waals surface area contributed by atoms with Gasteiger partial charge >= 0.3 is 5.97 Å². The first-order chi connectivity index (χ1) is 15.0. The van der Waals surface area contributed by atoms with E-state index in [0.29, 0.717) is 23.2 Å². The lowest BCUT2D eigenvalue weighted by Gasteiger charge is -2.32. The molecule has 32 heavy (non-hydrogen) atoms. The lowest BCUT2D eigenvalue weighted by Crippen LogP contribution is -2.53. The molecule has 3 rings (SSSR count). The first-order valence-electron chi connectivity index (χ1n) is 9.71. The van der Waals surface area contributed by atoms with Crippen LogP contribution in [0.5, 0.6) is 11.5 Å². The lowest BCUT2D eigenvalue weighted by molar-refractivity contribution is -0.139. The highest BCUT2D eigenvalue weighted by Gasteiger charge is 2.41. The van der Waals surface area contributed by atoms with Crippen LogP contribution in [0.4, 0.5) is 0 Å². The molecular weight excluding hydrogens is 518 g/mol. The SMILES string of the molecule is CN1CCN=C1SC(C)(C)C(NS(=O)(=O)c1ccc(Oc2ccc(Br)cc2)cc1)C(=O)O. The molecule has 0 amide bonds. The highest BCUT2D eigenvalue weighted by Crippen LogP contribution is 2.33. The van der Waals surface area contributed by atoms with Gasteiger partial charge in [0.15, 0.2) is 5.17 Å². The van der Waals surface area contributed by atoms with Crippen LogP contribution in [-0.2, 0) is 14.8 Å². The van der Waals surface area contributed by atoms with Crippen molar-refractivity contribution in [1.29, 1.82) is 0 Å². The minimum atomic E-state index is -4.09. The Hall–Kier alpha value is -2.08. The van der Waals surface area contributed by atoms with Gasteiger partial charge in [0.2, 0.25) is 10.0 Å². The molecule has 1 aliphatic heterocycles. The van der Waals surface area contributed by atoms with E-state index in [0.717, 1.165) is 11.0 Å². The molecule has 1 aliphatic rings. The van der Waals surface area contributed by atoms with Crippen molar-refractivity contribution in [2.75, 3.05) is 20.1 Å². The number of ether oxygens (including phenoxy) is 1. The topological polar surface area (TPSA) is 108 Å². The minimum Gasteiger partial charge on any atom is -0.480 e. The zero-order valence-electron chi connectivity index (χ0n) is 17.8. The van der Waals surface area contributed by atoms with Crippen LogP contribution >= 0.6 is 27.7 Å². The number of aliphatic imine (C=N–C) groups is 1. The Morgan fingerprint density at radius 2 is 1.75 bits per heavy atom. The zero-order chi connectivity index (χ0) is 23.5. The average molecular weight is 542 g/mol. The van der Waals surface area contributed by atoms with Gasteiger partial charge in [-0.05, 0) is 62.4 Å². The third-order valence-corrected chi connectivity index (χ3v) is 8.11. The van der Waals surface area contributed by atoms with E-state index < -0.39 is 26.8 Å². The van der Waals surface area contributed by atoms with Crippen LogP contribution in [0.25, 0.3) is 0 Å². The summed E-state index contributed by atoms with van der Waals surface area (Å²) >= 11 is 4.59. The Morgan fingerprint density at radius 3 is 2.25 bits per heavy atom. The Balaban J connectivity index is 1.75. The molecule has 2 aromatic carbocycles. The Bertz CT molecular complexity index is 1100. The highest BCUT2D eigenvalue weighted by molar-refractivity contribution is 9.10. The number of carbonyl (C=O) groups is 1. The van der Waals surface area contributed by atoms with Gasteiger partial charge in [-0.15, -0.1) is 0 Å². The molecule has 0 fully saturated rings. The molecule has 0 aromatic heterocycles. The van der Waals surface area contributed by atoms with Gasteiger partial charge in [0.05, 0.1) is 11.4 Å². The third kappa shape index (κ3) is 6.03. The molecular formula is C21H24BrN3O5S2. The number of aliphatic carboxylic acids is 1. The van der Waals surface area contributed by atoms with Gasteiger partial charge in [-0.3, -0.25) is 9.79 Å².